The standard InChI is InChI=1S/C42H40N4O8S/c1-55(51,52)34-12-3-27(4-13-34)35-14-5-28-24-31(47)7-15-36(28)40(35)54-33-10-8-32(9-11-33)53-23-22-44-18-20-45(21-19-44)30-6-2-29-26-46(42(50)37(29)25-30)38-16-17-39(48)43-41(38)49/h2-15,24-25,38,47H,16-23,26H2,1H3,(H,43,48,49). The van der Waals surface area contributed by atoms with Gasteiger partial charge in [-0.25, -0.2) is 8.42 Å². The Balaban J connectivity index is 0.860. The van der Waals surface area contributed by atoms with Crippen LogP contribution in [0.1, 0.15) is 28.8 Å². The van der Waals surface area contributed by atoms with Crippen molar-refractivity contribution in [3.63, 3.8) is 0 Å². The molecule has 13 heteroatoms. The van der Waals surface area contributed by atoms with Crippen molar-refractivity contribution in [1.29, 1.82) is 0 Å². The van der Waals surface area contributed by atoms with Gasteiger partial charge in [-0.2, -0.15) is 0 Å². The zero-order chi connectivity index (χ0) is 38.3. The number of ether oxygens (including phenoxy) is 2. The van der Waals surface area contributed by atoms with Crippen LogP contribution in [0.3, 0.4) is 0 Å². The number of amides is 3. The van der Waals surface area contributed by atoms with Crippen LogP contribution in [0.5, 0.6) is 23.0 Å². The number of carbonyl (C=O) groups is 3. The van der Waals surface area contributed by atoms with Gasteiger partial charge in [0.05, 0.1) is 4.90 Å². The Morgan fingerprint density at radius 2 is 1.56 bits per heavy atom. The summed E-state index contributed by atoms with van der Waals surface area (Å²) >= 11 is 0. The van der Waals surface area contributed by atoms with Gasteiger partial charge in [0.25, 0.3) is 5.91 Å². The van der Waals surface area contributed by atoms with Crippen molar-refractivity contribution in [2.75, 3.05) is 50.5 Å². The minimum absolute atomic E-state index is 0.144. The van der Waals surface area contributed by atoms with Gasteiger partial charge in [0.15, 0.2) is 9.84 Å². The highest BCUT2D eigenvalue weighted by Crippen LogP contribution is 2.41. The second kappa shape index (κ2) is 14.7. The number of phenolic OH excluding ortho intramolecular Hbond substituents is 1. The van der Waals surface area contributed by atoms with Gasteiger partial charge in [0.2, 0.25) is 11.8 Å². The highest BCUT2D eigenvalue weighted by Gasteiger charge is 2.39. The zero-order valence-corrected chi connectivity index (χ0v) is 31.1. The van der Waals surface area contributed by atoms with E-state index in [1.807, 2.05) is 54.6 Å². The van der Waals surface area contributed by atoms with Crippen LogP contribution in [-0.4, -0.2) is 92.7 Å². The zero-order valence-electron chi connectivity index (χ0n) is 30.2. The average Bonchev–Trinajstić information content (AvgIpc) is 3.50. The molecule has 1 atom stereocenters. The third-order valence-electron chi connectivity index (χ3n) is 10.5. The van der Waals surface area contributed by atoms with Crippen LogP contribution in [0, 0.1) is 0 Å². The van der Waals surface area contributed by atoms with Crippen LogP contribution in [0.15, 0.2) is 102 Å². The summed E-state index contributed by atoms with van der Waals surface area (Å²) in [4.78, 5) is 43.7. The fraction of sp³-hybridized carbons (Fsp3) is 0.262. The minimum atomic E-state index is -3.34. The molecular weight excluding hydrogens is 721 g/mol. The largest absolute Gasteiger partial charge is 0.508 e. The minimum Gasteiger partial charge on any atom is -0.508 e. The number of piperidine rings is 1. The van der Waals surface area contributed by atoms with Crippen LogP contribution in [-0.2, 0) is 26.0 Å². The number of fused-ring (bicyclic) bond motifs is 2. The fourth-order valence-electron chi connectivity index (χ4n) is 7.49. The van der Waals surface area contributed by atoms with E-state index in [-0.39, 0.29) is 28.9 Å². The summed E-state index contributed by atoms with van der Waals surface area (Å²) in [5.41, 5.74) is 4.06. The maximum atomic E-state index is 13.3. The van der Waals surface area contributed by atoms with E-state index < -0.39 is 21.8 Å². The molecule has 0 aliphatic carbocycles. The highest BCUT2D eigenvalue weighted by molar-refractivity contribution is 7.90. The first-order chi connectivity index (χ1) is 26.5. The number of nitrogens with one attached hydrogen (secondary N) is 1. The number of rotatable bonds is 10. The summed E-state index contributed by atoms with van der Waals surface area (Å²) in [7, 11) is -3.34. The third kappa shape index (κ3) is 7.58. The molecule has 2 fully saturated rings. The van der Waals surface area contributed by atoms with Crippen LogP contribution in [0.4, 0.5) is 5.69 Å². The highest BCUT2D eigenvalue weighted by atomic mass is 32.2. The van der Waals surface area contributed by atoms with E-state index in [9.17, 15) is 27.9 Å². The Kier molecular flexibility index (Phi) is 9.66. The Bertz CT molecular complexity index is 2410. The first kappa shape index (κ1) is 36.1. The number of nitrogens with zero attached hydrogens (tertiary/aromatic N) is 3. The van der Waals surface area contributed by atoms with E-state index in [1.165, 1.54) is 6.26 Å². The van der Waals surface area contributed by atoms with E-state index in [0.29, 0.717) is 42.4 Å². The number of anilines is 1. The summed E-state index contributed by atoms with van der Waals surface area (Å²) in [6.07, 6.45) is 1.76. The van der Waals surface area contributed by atoms with Crippen molar-refractivity contribution in [2.24, 2.45) is 0 Å². The van der Waals surface area contributed by atoms with E-state index in [2.05, 4.69) is 15.1 Å². The molecule has 5 aromatic rings. The predicted molar refractivity (Wildman–Crippen MR) is 207 cm³/mol. The number of phenols is 1. The van der Waals surface area contributed by atoms with Gasteiger partial charge in [-0.05, 0) is 95.7 Å². The average molecular weight is 761 g/mol. The fourth-order valence-corrected chi connectivity index (χ4v) is 8.12. The Morgan fingerprint density at radius 3 is 2.29 bits per heavy atom. The normalized spacial score (nSPS) is 17.7. The van der Waals surface area contributed by atoms with Crippen molar-refractivity contribution in [3.05, 3.63) is 108 Å². The molecular formula is C42H40N4O8S. The number of benzene rings is 5. The number of sulfone groups is 1. The van der Waals surface area contributed by atoms with Crippen molar-refractivity contribution in [1.82, 2.24) is 15.1 Å². The van der Waals surface area contributed by atoms with Crippen LogP contribution >= 0.6 is 0 Å². The molecule has 5 aromatic carbocycles. The van der Waals surface area contributed by atoms with E-state index in [4.69, 9.17) is 9.47 Å². The summed E-state index contributed by atoms with van der Waals surface area (Å²) < 4.78 is 36.6. The number of piperazine rings is 1. The number of hydrogen-bond donors (Lipinski definition) is 2. The van der Waals surface area contributed by atoms with Gasteiger partial charge >= 0.3 is 0 Å². The summed E-state index contributed by atoms with van der Waals surface area (Å²) in [6, 6.07) is 28.3. The maximum absolute atomic E-state index is 13.3. The SMILES string of the molecule is CS(=O)(=O)c1ccc(-c2ccc3cc(O)ccc3c2Oc2ccc(OCCN3CCN(c4ccc5c(c4)C(=O)N(C4CCC(=O)NC4=O)C5)CC3)cc2)cc1. The first-order valence-electron chi connectivity index (χ1n) is 18.2. The van der Waals surface area contributed by atoms with Crippen molar-refractivity contribution < 1.29 is 37.4 Å². The molecule has 2 N–H and O–H groups in total. The van der Waals surface area contributed by atoms with Crippen LogP contribution in [0.25, 0.3) is 21.9 Å². The second-order valence-corrected chi connectivity index (χ2v) is 16.2. The molecule has 3 aliphatic rings. The Morgan fingerprint density at radius 1 is 0.818 bits per heavy atom. The van der Waals surface area contributed by atoms with Crippen LogP contribution < -0.4 is 19.7 Å². The molecule has 1 unspecified atom stereocenters. The lowest BCUT2D eigenvalue weighted by atomic mass is 9.99. The number of imide groups is 1. The van der Waals surface area contributed by atoms with Gasteiger partial charge in [-0.1, -0.05) is 24.3 Å². The number of aromatic hydroxyl groups is 1. The molecule has 0 saturated carbocycles. The molecule has 282 valence electrons. The van der Waals surface area contributed by atoms with Crippen molar-refractivity contribution in [2.45, 2.75) is 30.3 Å². The number of carbonyl (C=O) groups excluding carboxylic acids is 3. The van der Waals surface area contributed by atoms with E-state index in [1.54, 1.807) is 47.4 Å². The molecule has 2 saturated heterocycles. The summed E-state index contributed by atoms with van der Waals surface area (Å²) in [6.45, 7) is 4.90. The van der Waals surface area contributed by atoms with Crippen molar-refractivity contribution in [3.8, 4) is 34.1 Å². The van der Waals surface area contributed by atoms with E-state index in [0.717, 1.165) is 65.9 Å². The Labute approximate surface area is 318 Å². The topological polar surface area (TPSA) is 146 Å². The predicted octanol–water partition coefficient (Wildman–Crippen LogP) is 5.37. The quantitative estimate of drug-likeness (QED) is 0.178. The third-order valence-corrected chi connectivity index (χ3v) is 11.6. The molecule has 8 rings (SSSR count). The molecule has 3 heterocycles. The van der Waals surface area contributed by atoms with Crippen molar-refractivity contribution >= 4 is 44.0 Å². The molecule has 3 aliphatic heterocycles. The smallest absolute Gasteiger partial charge is 0.255 e. The molecule has 55 heavy (non-hydrogen) atoms. The van der Waals surface area contributed by atoms with Gasteiger partial charge in [0.1, 0.15) is 35.6 Å². The van der Waals surface area contributed by atoms with Gasteiger partial charge in [-0.15, -0.1) is 0 Å². The molecule has 0 aromatic heterocycles. The first-order valence-corrected chi connectivity index (χ1v) is 20.1. The molecule has 12 nitrogen and oxygen atoms in total. The lowest BCUT2D eigenvalue weighted by molar-refractivity contribution is -0.136. The number of hydrogen-bond acceptors (Lipinski definition) is 10. The summed E-state index contributed by atoms with van der Waals surface area (Å²) in [5, 5.41) is 14.0. The molecule has 0 spiro atoms. The maximum Gasteiger partial charge on any atom is 0.255 e. The van der Waals surface area contributed by atoms with Gasteiger partial charge in [-0.3, -0.25) is 24.6 Å². The monoisotopic (exact) mass is 760 g/mol. The lowest BCUT2D eigenvalue weighted by Crippen LogP contribution is -2.52. The van der Waals surface area contributed by atoms with Gasteiger partial charge in [0, 0.05) is 74.1 Å². The Hall–Kier alpha value is -5.92. The van der Waals surface area contributed by atoms with Crippen LogP contribution in [0.2, 0.25) is 0 Å². The summed E-state index contributed by atoms with van der Waals surface area (Å²) in [5.74, 6) is 1.16. The lowest BCUT2D eigenvalue weighted by Gasteiger charge is -2.36. The molecule has 3 amide bonds. The molecule has 0 radical (unpaired) electrons. The second-order valence-electron chi connectivity index (χ2n) is 14.1. The van der Waals surface area contributed by atoms with Gasteiger partial charge < -0.3 is 24.4 Å². The van der Waals surface area contributed by atoms with E-state index >= 15 is 0 Å². The molecule has 0 bridgehead atoms.